The fourth-order valence-electron chi connectivity index (χ4n) is 3.92. The minimum Gasteiger partial charge on any atom is -0.507 e. The van der Waals surface area contributed by atoms with Gasteiger partial charge in [-0.1, -0.05) is 66.2 Å². The lowest BCUT2D eigenvalue weighted by atomic mass is 9.95. The van der Waals surface area contributed by atoms with Crippen molar-refractivity contribution in [1.29, 1.82) is 0 Å². The van der Waals surface area contributed by atoms with E-state index in [-0.39, 0.29) is 11.3 Å². The van der Waals surface area contributed by atoms with Gasteiger partial charge >= 0.3 is 0 Å². The average molecular weight is 448 g/mol. The predicted octanol–water partition coefficient (Wildman–Crippen LogP) is 5.01. The molecule has 3 aromatic carbocycles. The third-order valence-corrected chi connectivity index (χ3v) is 5.81. The molecule has 1 aliphatic heterocycles. The summed E-state index contributed by atoms with van der Waals surface area (Å²) in [4.78, 5) is 27.6. The lowest BCUT2D eigenvalue weighted by Gasteiger charge is -2.25. The summed E-state index contributed by atoms with van der Waals surface area (Å²) in [5, 5.41) is 11.7. The zero-order valence-electron chi connectivity index (χ0n) is 17.5. The number of halogens is 1. The first-order valence-electron chi connectivity index (χ1n) is 10.2. The number of amides is 1. The van der Waals surface area contributed by atoms with Gasteiger partial charge in [0.1, 0.15) is 11.5 Å². The molecule has 32 heavy (non-hydrogen) atoms. The van der Waals surface area contributed by atoms with Gasteiger partial charge in [-0.3, -0.25) is 9.59 Å². The Bertz CT molecular complexity index is 1170. The van der Waals surface area contributed by atoms with Gasteiger partial charge in [0, 0.05) is 17.1 Å². The number of likely N-dealkylation sites (tertiary alicyclic amines) is 1. The van der Waals surface area contributed by atoms with E-state index in [1.54, 1.807) is 48.5 Å². The Balaban J connectivity index is 1.79. The van der Waals surface area contributed by atoms with E-state index in [1.165, 1.54) is 12.0 Å². The van der Waals surface area contributed by atoms with Crippen LogP contribution in [0.25, 0.3) is 5.76 Å². The number of methoxy groups -OCH3 is 1. The lowest BCUT2D eigenvalue weighted by Crippen LogP contribution is -2.31. The molecule has 1 unspecified atom stereocenters. The monoisotopic (exact) mass is 447 g/mol. The fourth-order valence-corrected chi connectivity index (χ4v) is 4.05. The summed E-state index contributed by atoms with van der Waals surface area (Å²) in [5.74, 6) is -1.04. The Morgan fingerprint density at radius 2 is 1.72 bits per heavy atom. The molecule has 4 rings (SSSR count). The summed E-state index contributed by atoms with van der Waals surface area (Å²) in [6.45, 7) is 0.330. The van der Waals surface area contributed by atoms with Crippen LogP contribution in [0, 0.1) is 0 Å². The largest absolute Gasteiger partial charge is 0.507 e. The maximum atomic E-state index is 13.1. The molecular formula is C26H22ClNO4. The lowest BCUT2D eigenvalue weighted by molar-refractivity contribution is -0.139. The first kappa shape index (κ1) is 21.7. The van der Waals surface area contributed by atoms with E-state index in [2.05, 4.69) is 0 Å². The van der Waals surface area contributed by atoms with Crippen molar-refractivity contribution < 1.29 is 19.4 Å². The number of hydrogen-bond acceptors (Lipinski definition) is 4. The summed E-state index contributed by atoms with van der Waals surface area (Å²) in [6.07, 6.45) is 0.581. The molecule has 0 spiro atoms. The number of ether oxygens (including phenoxy) is 1. The molecule has 1 amide bonds. The van der Waals surface area contributed by atoms with Crippen LogP contribution >= 0.6 is 11.6 Å². The second kappa shape index (κ2) is 9.28. The van der Waals surface area contributed by atoms with Crippen molar-refractivity contribution in [3.8, 4) is 5.75 Å². The molecule has 0 aliphatic carbocycles. The summed E-state index contributed by atoms with van der Waals surface area (Å²) in [7, 11) is 1.52. The van der Waals surface area contributed by atoms with Crippen molar-refractivity contribution in [2.24, 2.45) is 0 Å². The van der Waals surface area contributed by atoms with E-state index < -0.39 is 17.7 Å². The number of carbonyl (C=O) groups is 2. The van der Waals surface area contributed by atoms with E-state index in [4.69, 9.17) is 16.3 Å². The zero-order chi connectivity index (χ0) is 22.7. The number of aliphatic hydroxyl groups excluding tert-OH is 1. The van der Waals surface area contributed by atoms with Crippen LogP contribution in [0.1, 0.15) is 22.7 Å². The number of ketones is 1. The minimum absolute atomic E-state index is 0.0543. The average Bonchev–Trinajstić information content (AvgIpc) is 3.08. The quantitative estimate of drug-likeness (QED) is 0.327. The molecule has 1 saturated heterocycles. The third kappa shape index (κ3) is 4.25. The summed E-state index contributed by atoms with van der Waals surface area (Å²) < 4.78 is 5.24. The van der Waals surface area contributed by atoms with E-state index in [1.807, 2.05) is 30.3 Å². The van der Waals surface area contributed by atoms with Crippen molar-refractivity contribution >= 4 is 29.1 Å². The molecule has 0 saturated carbocycles. The maximum Gasteiger partial charge on any atom is 0.295 e. The van der Waals surface area contributed by atoms with Gasteiger partial charge in [-0.25, -0.2) is 0 Å². The Hall–Kier alpha value is -3.57. The first-order chi connectivity index (χ1) is 15.5. The molecule has 6 heteroatoms. The highest BCUT2D eigenvalue weighted by molar-refractivity contribution is 6.46. The van der Waals surface area contributed by atoms with E-state index in [0.29, 0.717) is 34.9 Å². The number of hydrogen-bond donors (Lipinski definition) is 1. The highest BCUT2D eigenvalue weighted by atomic mass is 35.5. The molecule has 0 bridgehead atoms. The van der Waals surface area contributed by atoms with Crippen molar-refractivity contribution in [2.45, 2.75) is 12.5 Å². The van der Waals surface area contributed by atoms with Gasteiger partial charge in [0.15, 0.2) is 0 Å². The SMILES string of the molecule is COc1cccc(C(O)=C2C(=O)C(=O)N(CCc3ccccc3)C2c2ccc(Cl)cc2)c1. The van der Waals surface area contributed by atoms with Crippen LogP contribution in [0.5, 0.6) is 5.75 Å². The van der Waals surface area contributed by atoms with Crippen LogP contribution < -0.4 is 4.74 Å². The molecule has 3 aromatic rings. The molecule has 1 aliphatic rings. The Morgan fingerprint density at radius 3 is 2.41 bits per heavy atom. The Kier molecular flexibility index (Phi) is 6.28. The van der Waals surface area contributed by atoms with Crippen molar-refractivity contribution in [3.05, 3.63) is 106 Å². The number of rotatable bonds is 6. The highest BCUT2D eigenvalue weighted by Crippen LogP contribution is 2.40. The summed E-state index contributed by atoms with van der Waals surface area (Å²) in [5.41, 5.74) is 2.21. The molecule has 0 aromatic heterocycles. The van der Waals surface area contributed by atoms with Crippen molar-refractivity contribution in [1.82, 2.24) is 4.90 Å². The standard InChI is InChI=1S/C26H22ClNO4/c1-32-21-9-5-8-19(16-21)24(29)22-23(18-10-12-20(27)13-11-18)28(26(31)25(22)30)15-14-17-6-3-2-4-7-17/h2-13,16,23,29H,14-15H2,1H3. The molecule has 1 atom stereocenters. The summed E-state index contributed by atoms with van der Waals surface area (Å²) in [6, 6.07) is 22.8. The smallest absolute Gasteiger partial charge is 0.295 e. The van der Waals surface area contributed by atoms with Gasteiger partial charge in [-0.2, -0.15) is 0 Å². The third-order valence-electron chi connectivity index (χ3n) is 5.55. The van der Waals surface area contributed by atoms with Crippen LogP contribution in [-0.2, 0) is 16.0 Å². The fraction of sp³-hybridized carbons (Fsp3) is 0.154. The van der Waals surface area contributed by atoms with Crippen LogP contribution in [0.15, 0.2) is 84.4 Å². The Morgan fingerprint density at radius 1 is 1.00 bits per heavy atom. The van der Waals surface area contributed by atoms with Gasteiger partial charge in [0.25, 0.3) is 11.7 Å². The van der Waals surface area contributed by atoms with Crippen LogP contribution in [0.2, 0.25) is 5.02 Å². The maximum absolute atomic E-state index is 13.1. The van der Waals surface area contributed by atoms with Crippen LogP contribution in [0.3, 0.4) is 0 Å². The summed E-state index contributed by atoms with van der Waals surface area (Å²) >= 11 is 6.06. The van der Waals surface area contributed by atoms with Gasteiger partial charge in [-0.15, -0.1) is 0 Å². The number of nitrogens with zero attached hydrogens (tertiary/aromatic N) is 1. The van der Waals surface area contributed by atoms with E-state index >= 15 is 0 Å². The molecular weight excluding hydrogens is 426 g/mol. The van der Waals surface area contributed by atoms with E-state index in [9.17, 15) is 14.7 Å². The topological polar surface area (TPSA) is 66.8 Å². The number of Topliss-reactive ketones (excluding diaryl/α,β-unsaturated/α-hetero) is 1. The van der Waals surface area contributed by atoms with Crippen molar-refractivity contribution in [3.63, 3.8) is 0 Å². The van der Waals surface area contributed by atoms with Gasteiger partial charge in [-0.05, 0) is 41.8 Å². The number of benzene rings is 3. The first-order valence-corrected chi connectivity index (χ1v) is 10.6. The van der Waals surface area contributed by atoms with Crippen molar-refractivity contribution in [2.75, 3.05) is 13.7 Å². The van der Waals surface area contributed by atoms with Gasteiger partial charge in [0.2, 0.25) is 0 Å². The molecule has 1 fully saturated rings. The number of aliphatic hydroxyl groups is 1. The van der Waals surface area contributed by atoms with Crippen LogP contribution in [0.4, 0.5) is 0 Å². The molecule has 1 heterocycles. The molecule has 1 N–H and O–H groups in total. The molecule has 0 radical (unpaired) electrons. The second-order valence-electron chi connectivity index (χ2n) is 7.51. The molecule has 162 valence electrons. The Labute approximate surface area is 191 Å². The highest BCUT2D eigenvalue weighted by Gasteiger charge is 2.45. The minimum atomic E-state index is -0.720. The number of carbonyl (C=O) groups excluding carboxylic acids is 2. The van der Waals surface area contributed by atoms with Gasteiger partial charge < -0.3 is 14.7 Å². The molecule has 5 nitrogen and oxygen atoms in total. The zero-order valence-corrected chi connectivity index (χ0v) is 18.3. The van der Waals surface area contributed by atoms with Crippen LogP contribution in [-0.4, -0.2) is 35.4 Å². The second-order valence-corrected chi connectivity index (χ2v) is 7.95. The normalized spacial score (nSPS) is 17.6. The predicted molar refractivity (Wildman–Crippen MR) is 124 cm³/mol. The van der Waals surface area contributed by atoms with Gasteiger partial charge in [0.05, 0.1) is 18.7 Å². The van der Waals surface area contributed by atoms with E-state index in [0.717, 1.165) is 5.56 Å².